The predicted molar refractivity (Wildman–Crippen MR) is 101 cm³/mol. The maximum absolute atomic E-state index is 10.7. The maximum Gasteiger partial charge on any atom is 0.485 e. The van der Waals surface area contributed by atoms with E-state index in [9.17, 15) is 13.2 Å². The highest BCUT2D eigenvalue weighted by Crippen LogP contribution is 2.30. The van der Waals surface area contributed by atoms with Crippen LogP contribution in [0.25, 0.3) is 0 Å². The standard InChI is InChI=1S/C15H25OSSi.CHF3O3S/c1-13-5-7-14(8-6-13)15-11-16-9-10-17(15)12-18(2,3)4;2-1(3,4)8(5,6)7/h5-8,15H,9-12H2,1-4H3;(H,5,6,7)/q+1;/p-1. The van der Waals surface area contributed by atoms with Crippen LogP contribution < -0.4 is 0 Å². The van der Waals surface area contributed by atoms with Gasteiger partial charge < -0.3 is 9.29 Å². The SMILES string of the molecule is Cc1ccc(C2COCC[S+]2C[Si](C)(C)C)cc1.O=S(=O)([O-])C(F)(F)F. The van der Waals surface area contributed by atoms with Crippen molar-refractivity contribution < 1.29 is 30.9 Å². The summed E-state index contributed by atoms with van der Waals surface area (Å²) in [5, 5.41) is 2.10. The van der Waals surface area contributed by atoms with Gasteiger partial charge in [-0.25, -0.2) is 8.42 Å². The van der Waals surface area contributed by atoms with Crippen molar-refractivity contribution in [2.24, 2.45) is 0 Å². The molecule has 2 rings (SSSR count). The van der Waals surface area contributed by atoms with Crippen molar-refractivity contribution in [2.75, 3.05) is 24.3 Å². The minimum atomic E-state index is -6.09. The van der Waals surface area contributed by atoms with Crippen LogP contribution in [0.1, 0.15) is 16.4 Å². The Morgan fingerprint density at radius 3 is 2.15 bits per heavy atom. The van der Waals surface area contributed by atoms with Crippen molar-refractivity contribution in [3.05, 3.63) is 35.4 Å². The number of benzene rings is 1. The molecule has 4 nitrogen and oxygen atoms in total. The summed E-state index contributed by atoms with van der Waals surface area (Å²) in [6.45, 7) is 11.5. The molecule has 26 heavy (non-hydrogen) atoms. The molecule has 0 saturated carbocycles. The lowest BCUT2D eigenvalue weighted by atomic mass is 10.1. The molecule has 1 aliphatic heterocycles. The number of halogens is 3. The van der Waals surface area contributed by atoms with E-state index in [4.69, 9.17) is 17.7 Å². The molecule has 10 heteroatoms. The molecule has 1 aliphatic rings. The maximum atomic E-state index is 10.7. The molecule has 0 aliphatic carbocycles. The Hall–Kier alpha value is -0.553. The Labute approximate surface area is 157 Å². The van der Waals surface area contributed by atoms with Crippen LogP contribution in [0.5, 0.6) is 0 Å². The number of hydrogen-bond donors (Lipinski definition) is 0. The Kier molecular flexibility index (Phi) is 8.21. The van der Waals surface area contributed by atoms with Crippen LogP contribution >= 0.6 is 0 Å². The van der Waals surface area contributed by atoms with E-state index < -0.39 is 23.7 Å². The van der Waals surface area contributed by atoms with Crippen molar-refractivity contribution in [3.63, 3.8) is 0 Å². The zero-order chi connectivity index (χ0) is 20.2. The van der Waals surface area contributed by atoms with E-state index in [1.54, 1.807) is 0 Å². The van der Waals surface area contributed by atoms with E-state index in [0.29, 0.717) is 16.1 Å². The molecule has 1 heterocycles. The van der Waals surface area contributed by atoms with Crippen LogP contribution in [0.15, 0.2) is 24.3 Å². The average molecular weight is 431 g/mol. The van der Waals surface area contributed by atoms with Crippen LogP contribution in [0.2, 0.25) is 19.6 Å². The highest BCUT2D eigenvalue weighted by atomic mass is 32.2. The van der Waals surface area contributed by atoms with E-state index >= 15 is 0 Å². The molecule has 0 spiro atoms. The molecule has 2 unspecified atom stereocenters. The summed E-state index contributed by atoms with van der Waals surface area (Å²) < 4.78 is 64.6. The predicted octanol–water partition coefficient (Wildman–Crippen LogP) is 3.61. The smallest absolute Gasteiger partial charge is 0.485 e. The third-order valence-electron chi connectivity index (χ3n) is 3.51. The van der Waals surface area contributed by atoms with Crippen LogP contribution in [0.4, 0.5) is 13.2 Å². The van der Waals surface area contributed by atoms with Gasteiger partial charge >= 0.3 is 5.51 Å². The van der Waals surface area contributed by atoms with Crippen LogP contribution in [-0.2, 0) is 25.7 Å². The van der Waals surface area contributed by atoms with Gasteiger partial charge in [0.15, 0.2) is 15.4 Å². The van der Waals surface area contributed by atoms with Gasteiger partial charge in [-0.1, -0.05) is 49.5 Å². The van der Waals surface area contributed by atoms with Gasteiger partial charge in [0.1, 0.15) is 13.8 Å². The third-order valence-corrected chi connectivity index (χ3v) is 10.9. The number of hydrogen-bond acceptors (Lipinski definition) is 4. The van der Waals surface area contributed by atoms with Gasteiger partial charge in [0.05, 0.1) is 18.6 Å². The zero-order valence-corrected chi connectivity index (χ0v) is 17.9. The first-order chi connectivity index (χ1) is 11.7. The van der Waals surface area contributed by atoms with Gasteiger partial charge in [-0.3, -0.25) is 0 Å². The highest BCUT2D eigenvalue weighted by molar-refractivity contribution is 7.98. The molecule has 1 fully saturated rings. The monoisotopic (exact) mass is 430 g/mol. The van der Waals surface area contributed by atoms with Crippen LogP contribution in [0, 0.1) is 6.92 Å². The lowest BCUT2D eigenvalue weighted by Gasteiger charge is -2.28. The van der Waals surface area contributed by atoms with Crippen molar-refractivity contribution in [1.29, 1.82) is 0 Å². The fourth-order valence-electron chi connectivity index (χ4n) is 2.39. The lowest BCUT2D eigenvalue weighted by Crippen LogP contribution is -2.41. The summed E-state index contributed by atoms with van der Waals surface area (Å²) in [6, 6.07) is 9.08. The number of rotatable bonds is 3. The van der Waals surface area contributed by atoms with Crippen molar-refractivity contribution in [1.82, 2.24) is 0 Å². The number of aryl methyl sites for hydroxylation is 1. The van der Waals surface area contributed by atoms with Gasteiger partial charge in [-0.2, -0.15) is 13.2 Å². The second kappa shape index (κ2) is 9.09. The van der Waals surface area contributed by atoms with Gasteiger partial charge in [0, 0.05) is 5.56 Å². The Balaban J connectivity index is 0.000000359. The molecule has 150 valence electrons. The summed E-state index contributed by atoms with van der Waals surface area (Å²) in [7, 11) is -6.54. The molecular formula is C16H25F3O4S2Si. The van der Waals surface area contributed by atoms with Gasteiger partial charge in [-0.05, 0) is 17.8 Å². The molecule has 1 aromatic rings. The molecule has 1 saturated heterocycles. The van der Waals surface area contributed by atoms with E-state index in [2.05, 4.69) is 50.8 Å². The first kappa shape index (κ1) is 23.5. The molecule has 2 atom stereocenters. The van der Waals surface area contributed by atoms with E-state index in [1.807, 2.05) is 0 Å². The topological polar surface area (TPSA) is 66.4 Å². The lowest BCUT2D eigenvalue weighted by molar-refractivity contribution is -0.0517. The molecular weight excluding hydrogens is 405 g/mol. The fourth-order valence-corrected chi connectivity index (χ4v) is 9.67. The Bertz CT molecular complexity index is 670. The fraction of sp³-hybridized carbons (Fsp3) is 0.625. The first-order valence-electron chi connectivity index (χ1n) is 8.03. The first-order valence-corrected chi connectivity index (χ1v) is 14.8. The molecule has 0 aromatic heterocycles. The van der Waals surface area contributed by atoms with Gasteiger partial charge in [0.25, 0.3) is 0 Å². The highest BCUT2D eigenvalue weighted by Gasteiger charge is 2.39. The molecule has 0 amide bonds. The summed E-state index contributed by atoms with van der Waals surface area (Å²) in [5.74, 6) is 1.27. The quantitative estimate of drug-likeness (QED) is 0.318. The van der Waals surface area contributed by atoms with Crippen LogP contribution in [-0.4, -0.2) is 50.9 Å². The van der Waals surface area contributed by atoms with E-state index in [-0.39, 0.29) is 0 Å². The number of alkyl halides is 3. The van der Waals surface area contributed by atoms with Crippen molar-refractivity contribution in [2.45, 2.75) is 37.3 Å². The normalized spacial score (nSPS) is 21.7. The summed E-state index contributed by atoms with van der Waals surface area (Å²) in [5.41, 5.74) is -2.81. The second-order valence-corrected chi connectivity index (χ2v) is 17.0. The number of ether oxygens (including phenoxy) is 1. The van der Waals surface area contributed by atoms with Gasteiger partial charge in [-0.15, -0.1) is 0 Å². The Morgan fingerprint density at radius 1 is 1.23 bits per heavy atom. The average Bonchev–Trinajstić information content (AvgIpc) is 2.46. The van der Waals surface area contributed by atoms with Crippen molar-refractivity contribution in [3.8, 4) is 0 Å². The largest absolute Gasteiger partial charge is 0.741 e. The second-order valence-electron chi connectivity index (χ2n) is 7.32. The minimum Gasteiger partial charge on any atom is -0.741 e. The van der Waals surface area contributed by atoms with E-state index in [1.165, 1.54) is 22.3 Å². The molecule has 0 radical (unpaired) electrons. The zero-order valence-electron chi connectivity index (χ0n) is 15.3. The van der Waals surface area contributed by atoms with Gasteiger partial charge in [0.2, 0.25) is 0 Å². The minimum absolute atomic E-state index is 0.527. The Morgan fingerprint density at radius 2 is 1.73 bits per heavy atom. The molecule has 1 aromatic carbocycles. The van der Waals surface area contributed by atoms with Crippen LogP contribution in [0.3, 0.4) is 0 Å². The third kappa shape index (κ3) is 7.99. The summed E-state index contributed by atoms with van der Waals surface area (Å²) in [4.78, 5) is 0. The molecule has 0 bridgehead atoms. The summed E-state index contributed by atoms with van der Waals surface area (Å²) in [6.07, 6.45) is 0. The molecule has 0 N–H and O–H groups in total. The summed E-state index contributed by atoms with van der Waals surface area (Å²) >= 11 is 0. The van der Waals surface area contributed by atoms with Crippen molar-refractivity contribution >= 4 is 29.1 Å². The van der Waals surface area contributed by atoms with E-state index in [0.717, 1.165) is 13.2 Å².